The van der Waals surface area contributed by atoms with E-state index in [0.29, 0.717) is 11.8 Å². The van der Waals surface area contributed by atoms with Crippen LogP contribution in [0.4, 0.5) is 34.1 Å². The summed E-state index contributed by atoms with van der Waals surface area (Å²) in [6.07, 6.45) is 15.6. The number of hydrogen-bond acceptors (Lipinski definition) is 2. The summed E-state index contributed by atoms with van der Waals surface area (Å²) in [5, 5.41) is 4.78. The van der Waals surface area contributed by atoms with Crippen LogP contribution >= 0.6 is 0 Å². The Labute approximate surface area is 554 Å². The van der Waals surface area contributed by atoms with E-state index in [1.54, 1.807) is 11.1 Å². The van der Waals surface area contributed by atoms with E-state index in [-0.39, 0.29) is 5.41 Å². The minimum atomic E-state index is -0.476. The third-order valence-corrected chi connectivity index (χ3v) is 22.1. The zero-order chi connectivity index (χ0) is 63.4. The minimum Gasteiger partial charge on any atom is -0.310 e. The molecule has 12 aromatic rings. The van der Waals surface area contributed by atoms with E-state index in [2.05, 4.69) is 324 Å². The smallest absolute Gasteiger partial charge is 0.0540 e. The fraction of sp³-hybridized carbons (Fsp3) is 0.152. The lowest BCUT2D eigenvalue weighted by atomic mass is 9.61. The molecule has 0 saturated carbocycles. The molecule has 0 fully saturated rings. The summed E-state index contributed by atoms with van der Waals surface area (Å²) in [5.74, 6) is 0.791. The van der Waals surface area contributed by atoms with Gasteiger partial charge in [0.05, 0.1) is 16.8 Å². The maximum atomic E-state index is 4.41. The predicted octanol–water partition coefficient (Wildman–Crippen LogP) is 24.3. The Morgan fingerprint density at radius 3 is 1.60 bits per heavy atom. The lowest BCUT2D eigenvalue weighted by Crippen LogP contribution is -2.33. The highest BCUT2D eigenvalue weighted by Crippen LogP contribution is 2.64. The van der Waals surface area contributed by atoms with Crippen molar-refractivity contribution in [3.8, 4) is 22.3 Å². The first-order chi connectivity index (χ1) is 46.1. The molecule has 5 aliphatic carbocycles. The van der Waals surface area contributed by atoms with Crippen molar-refractivity contribution < 1.29 is 0 Å². The lowest BCUT2D eigenvalue weighted by molar-refractivity contribution is 0.442. The van der Waals surface area contributed by atoms with Gasteiger partial charge in [-0.3, -0.25) is 0 Å². The Hall–Kier alpha value is -10.5. The number of aryl methyl sites for hydroxylation is 4. The second kappa shape index (κ2) is 22.6. The van der Waals surface area contributed by atoms with Gasteiger partial charge in [-0.1, -0.05) is 242 Å². The van der Waals surface area contributed by atoms with Crippen molar-refractivity contribution in [2.24, 2.45) is 11.8 Å². The van der Waals surface area contributed by atoms with Gasteiger partial charge in [0, 0.05) is 44.9 Å². The predicted molar refractivity (Wildman–Crippen MR) is 398 cm³/mol. The van der Waals surface area contributed by atoms with Gasteiger partial charge in [-0.25, -0.2) is 0 Å². The number of anilines is 6. The van der Waals surface area contributed by atoms with E-state index in [1.165, 1.54) is 122 Å². The van der Waals surface area contributed by atoms with Crippen LogP contribution in [0.15, 0.2) is 303 Å². The first-order valence-corrected chi connectivity index (χ1v) is 33.9. The molecule has 0 aromatic heterocycles. The van der Waals surface area contributed by atoms with E-state index >= 15 is 0 Å². The average molecular weight is 1210 g/mol. The van der Waals surface area contributed by atoms with Crippen molar-refractivity contribution >= 4 is 67.3 Å². The van der Waals surface area contributed by atoms with Gasteiger partial charge in [-0.05, 0) is 238 Å². The average Bonchev–Trinajstić information content (AvgIpc) is 1.53. The Morgan fingerprint density at radius 1 is 0.447 bits per heavy atom. The molecule has 94 heavy (non-hydrogen) atoms. The van der Waals surface area contributed by atoms with E-state index in [0.717, 1.165) is 72.5 Å². The van der Waals surface area contributed by atoms with Crippen LogP contribution in [0, 0.1) is 39.5 Å². The van der Waals surface area contributed by atoms with Gasteiger partial charge in [0.2, 0.25) is 0 Å². The normalized spacial score (nSPS) is 18.9. The fourth-order valence-electron chi connectivity index (χ4n) is 18.1. The number of benzene rings is 12. The number of fused-ring (bicyclic) bond motifs is 9. The summed E-state index contributed by atoms with van der Waals surface area (Å²) in [6.45, 7) is 17.6. The Morgan fingerprint density at radius 2 is 0.989 bits per heavy atom. The molecular formula is C92H76N2. The third kappa shape index (κ3) is 8.90. The van der Waals surface area contributed by atoms with Crippen LogP contribution in [0.3, 0.4) is 0 Å². The fourth-order valence-corrected chi connectivity index (χ4v) is 18.1. The van der Waals surface area contributed by atoms with Gasteiger partial charge >= 0.3 is 0 Å². The van der Waals surface area contributed by atoms with Gasteiger partial charge in [-0.2, -0.15) is 0 Å². The molecule has 5 aliphatic rings. The van der Waals surface area contributed by atoms with Gasteiger partial charge in [0.15, 0.2) is 0 Å². The summed E-state index contributed by atoms with van der Waals surface area (Å²) in [6, 6.07) is 97.1. The van der Waals surface area contributed by atoms with Gasteiger partial charge in [-0.15, -0.1) is 6.58 Å². The topological polar surface area (TPSA) is 6.48 Å². The van der Waals surface area contributed by atoms with Crippen LogP contribution in [0.2, 0.25) is 0 Å². The standard InChI is InChI=1S/C92H76N2/c1-7-63-36-38-64(39-37-63)57-91(82-48-34-59(3)52-61(82)5)84-32-20-19-28-75(84)76-44-42-69(55-86(76)91)93(67-22-11-9-12-23-67)88-50-46-73(71-26-15-17-29-77(71)88)74-47-51-89(78-30-18-16-27-72(74)78)94(68-24-13-10-14-25-68)70-43-45-80-87(56-70)92(83-49-35-60(4)53-62(83)6)58-65-40-41-66(8-2)81(54-65)79-31-21-33-85(92)90(79)80/h7-20,22-32,34-39,42-56,66,81H,1-2,21,33,40-41,57-58H2,3-6H3/t66?,81-,91?,92?/m1/s1. The Balaban J connectivity index is 0.822. The molecule has 454 valence electrons. The highest BCUT2D eigenvalue weighted by Gasteiger charge is 2.52. The molecule has 0 heterocycles. The first-order valence-electron chi connectivity index (χ1n) is 33.9. The third-order valence-electron chi connectivity index (χ3n) is 22.1. The number of para-hydroxylation sites is 2. The minimum absolute atomic E-state index is 0.288. The summed E-state index contributed by atoms with van der Waals surface area (Å²) >= 11 is 0. The molecule has 2 nitrogen and oxygen atoms in total. The van der Waals surface area contributed by atoms with E-state index < -0.39 is 5.41 Å². The van der Waals surface area contributed by atoms with E-state index in [1.807, 2.05) is 6.08 Å². The second-order valence-electron chi connectivity index (χ2n) is 27.3. The van der Waals surface area contributed by atoms with Crippen LogP contribution < -0.4 is 9.80 Å². The van der Waals surface area contributed by atoms with Crippen LogP contribution in [0.25, 0.3) is 55.4 Å². The highest BCUT2D eigenvalue weighted by molar-refractivity contribution is 6.13. The summed E-state index contributed by atoms with van der Waals surface area (Å²) in [5.41, 5.74) is 33.2. The van der Waals surface area contributed by atoms with E-state index in [9.17, 15) is 0 Å². The number of hydrogen-bond donors (Lipinski definition) is 0. The Bertz CT molecular complexity index is 5190. The van der Waals surface area contributed by atoms with Crippen LogP contribution in [0.5, 0.6) is 0 Å². The van der Waals surface area contributed by atoms with Crippen LogP contribution in [-0.2, 0) is 17.3 Å². The van der Waals surface area contributed by atoms with Gasteiger partial charge in [0.25, 0.3) is 0 Å². The van der Waals surface area contributed by atoms with Gasteiger partial charge in [0.1, 0.15) is 0 Å². The summed E-state index contributed by atoms with van der Waals surface area (Å²) in [7, 11) is 0. The van der Waals surface area contributed by atoms with Crippen molar-refractivity contribution in [3.05, 3.63) is 370 Å². The number of rotatable bonds is 13. The quantitative estimate of drug-likeness (QED) is 0.106. The van der Waals surface area contributed by atoms with Crippen molar-refractivity contribution in [2.75, 3.05) is 9.80 Å². The molecule has 0 N–H and O–H groups in total. The molecule has 4 atom stereocenters. The molecule has 6 bridgehead atoms. The number of allylic oxidation sites excluding steroid dienone is 7. The maximum absolute atomic E-state index is 4.41. The first kappa shape index (κ1) is 57.4. The molecule has 0 saturated heterocycles. The molecule has 12 aromatic carbocycles. The van der Waals surface area contributed by atoms with Crippen LogP contribution in [0.1, 0.15) is 98.9 Å². The summed E-state index contributed by atoms with van der Waals surface area (Å²) < 4.78 is 0. The molecule has 0 amide bonds. The zero-order valence-corrected chi connectivity index (χ0v) is 54.3. The number of nitrogens with zero attached hydrogens (tertiary/aromatic N) is 2. The highest BCUT2D eigenvalue weighted by atomic mass is 15.1. The molecule has 17 rings (SSSR count). The molecule has 3 unspecified atom stereocenters. The van der Waals surface area contributed by atoms with Crippen molar-refractivity contribution in [2.45, 2.75) is 77.0 Å². The maximum Gasteiger partial charge on any atom is 0.0540 e. The molecule has 0 radical (unpaired) electrons. The molecule has 0 aliphatic heterocycles. The van der Waals surface area contributed by atoms with Gasteiger partial charge < -0.3 is 9.80 Å². The SMILES string of the molecule is C=Cc1ccc(CC2(c3ccc(C)cc3C)c3ccccc3-c3ccc(N(c4ccccc4)c4ccc(-c5ccc(N(c6ccccc6)c6ccc7c(c6)C6(c8ccc(C)cc8C)CC8=C[C@@H](C9=CCCC6=C97)C(C=C)CC8)c6ccccc56)c5ccccc45)cc32)cc1. The second-order valence-corrected chi connectivity index (χ2v) is 27.3. The summed E-state index contributed by atoms with van der Waals surface area (Å²) in [4.78, 5) is 5.04. The monoisotopic (exact) mass is 1210 g/mol. The van der Waals surface area contributed by atoms with Crippen molar-refractivity contribution in [3.63, 3.8) is 0 Å². The zero-order valence-electron chi connectivity index (χ0n) is 54.3. The Kier molecular flexibility index (Phi) is 13.8. The van der Waals surface area contributed by atoms with Crippen molar-refractivity contribution in [1.82, 2.24) is 0 Å². The molecule has 2 heteroatoms. The van der Waals surface area contributed by atoms with E-state index in [4.69, 9.17) is 0 Å². The lowest BCUT2D eigenvalue weighted by Gasteiger charge is -2.42. The van der Waals surface area contributed by atoms with Crippen LogP contribution in [-0.4, -0.2) is 0 Å². The molecular weight excluding hydrogens is 1130 g/mol. The van der Waals surface area contributed by atoms with Crippen molar-refractivity contribution in [1.29, 1.82) is 0 Å². The largest absolute Gasteiger partial charge is 0.310 e. The molecule has 0 spiro atoms.